The van der Waals surface area contributed by atoms with Gasteiger partial charge in [-0.3, -0.25) is 4.79 Å². The summed E-state index contributed by atoms with van der Waals surface area (Å²) in [6, 6.07) is 12.0. The predicted molar refractivity (Wildman–Crippen MR) is 120 cm³/mol. The maximum absolute atomic E-state index is 13.1. The molecule has 2 aromatic carbocycles. The number of rotatable bonds is 7. The van der Waals surface area contributed by atoms with E-state index in [1.807, 2.05) is 57.3 Å². The number of aliphatic hydroxyl groups is 1. The van der Waals surface area contributed by atoms with E-state index in [1.54, 1.807) is 11.0 Å². The van der Waals surface area contributed by atoms with Crippen LogP contribution >= 0.6 is 0 Å². The smallest absolute Gasteiger partial charge is 0.225 e. The minimum atomic E-state index is -0.677. The highest BCUT2D eigenvalue weighted by molar-refractivity contribution is 5.78. The monoisotopic (exact) mass is 407 g/mol. The second-order valence-electron chi connectivity index (χ2n) is 8.42. The van der Waals surface area contributed by atoms with Gasteiger partial charge >= 0.3 is 0 Å². The lowest BCUT2D eigenvalue weighted by Crippen LogP contribution is -2.38. The summed E-state index contributed by atoms with van der Waals surface area (Å²) in [5.41, 5.74) is 5.33. The third kappa shape index (κ3) is 4.44. The number of aryl methyl sites for hydroxylation is 1. The molecule has 4 nitrogen and oxygen atoms in total. The molecule has 3 rings (SSSR count). The van der Waals surface area contributed by atoms with Gasteiger partial charge in [-0.2, -0.15) is 0 Å². The van der Waals surface area contributed by atoms with Gasteiger partial charge in [-0.25, -0.2) is 0 Å². The van der Waals surface area contributed by atoms with Gasteiger partial charge in [0.1, 0.15) is 12.4 Å². The Labute approximate surface area is 180 Å². The number of nitrogens with zero attached hydrogens (tertiary/aromatic N) is 1. The van der Waals surface area contributed by atoms with E-state index < -0.39 is 6.10 Å². The van der Waals surface area contributed by atoms with Gasteiger partial charge in [-0.15, -0.1) is 0 Å². The van der Waals surface area contributed by atoms with Crippen LogP contribution in [0, 0.1) is 25.7 Å². The largest absolute Gasteiger partial charge is 0.489 e. The molecule has 1 aliphatic rings. The SMILES string of the molecule is C=CCOc1cc(C)c2c(c1C)[C@H](O)[C@@H]([C@H](C)C(=O)N(C)Cc1ccccc1)CC2. The van der Waals surface area contributed by atoms with Crippen molar-refractivity contribution < 1.29 is 14.6 Å². The molecule has 0 radical (unpaired) electrons. The summed E-state index contributed by atoms with van der Waals surface area (Å²) in [7, 11) is 1.84. The summed E-state index contributed by atoms with van der Waals surface area (Å²) in [5.74, 6) is 0.473. The molecule has 4 heteroatoms. The second-order valence-corrected chi connectivity index (χ2v) is 8.42. The van der Waals surface area contributed by atoms with Crippen LogP contribution in [0.3, 0.4) is 0 Å². The fraction of sp³-hybridized carbons (Fsp3) is 0.423. The van der Waals surface area contributed by atoms with E-state index in [0.29, 0.717) is 13.2 Å². The molecule has 0 spiro atoms. The topological polar surface area (TPSA) is 49.8 Å². The van der Waals surface area contributed by atoms with Gasteiger partial charge in [0.15, 0.2) is 0 Å². The maximum Gasteiger partial charge on any atom is 0.225 e. The standard InChI is InChI=1S/C26H33NO3/c1-6-14-30-23-15-17(2)21-12-13-22(25(28)24(21)19(23)4)18(3)26(29)27(5)16-20-10-8-7-9-11-20/h6-11,15,18,22,25,28H,1,12-14,16H2,2-5H3/t18-,22+,25+/m0/s1. The zero-order valence-electron chi connectivity index (χ0n) is 18.5. The Balaban J connectivity index is 1.81. The quantitative estimate of drug-likeness (QED) is 0.674. The Hall–Kier alpha value is -2.59. The van der Waals surface area contributed by atoms with Crippen LogP contribution < -0.4 is 4.74 Å². The minimum Gasteiger partial charge on any atom is -0.489 e. The first-order valence-corrected chi connectivity index (χ1v) is 10.7. The summed E-state index contributed by atoms with van der Waals surface area (Å²) in [6.07, 6.45) is 2.71. The molecular formula is C26H33NO3. The first-order chi connectivity index (χ1) is 14.3. The number of amides is 1. The molecule has 2 aromatic rings. The van der Waals surface area contributed by atoms with Crippen LogP contribution in [0.15, 0.2) is 49.1 Å². The van der Waals surface area contributed by atoms with Crippen LogP contribution in [0.1, 0.15) is 47.3 Å². The van der Waals surface area contributed by atoms with Gasteiger partial charge in [0.25, 0.3) is 0 Å². The van der Waals surface area contributed by atoms with E-state index >= 15 is 0 Å². The van der Waals surface area contributed by atoms with E-state index in [2.05, 4.69) is 13.5 Å². The van der Waals surface area contributed by atoms with Crippen LogP contribution in [0.4, 0.5) is 0 Å². The molecule has 1 N–H and O–H groups in total. The van der Waals surface area contributed by atoms with Gasteiger partial charge in [0, 0.05) is 25.4 Å². The molecule has 0 aliphatic heterocycles. The normalized spacial score (nSPS) is 19.0. The molecule has 1 amide bonds. The molecule has 0 saturated heterocycles. The highest BCUT2D eigenvalue weighted by Crippen LogP contribution is 2.44. The Morgan fingerprint density at radius 2 is 2.03 bits per heavy atom. The number of carbonyl (C=O) groups is 1. The molecule has 0 saturated carbocycles. The molecule has 0 heterocycles. The Morgan fingerprint density at radius 3 is 2.70 bits per heavy atom. The van der Waals surface area contributed by atoms with Crippen LogP contribution in [-0.2, 0) is 17.8 Å². The van der Waals surface area contributed by atoms with E-state index in [-0.39, 0.29) is 17.7 Å². The van der Waals surface area contributed by atoms with Gasteiger partial charge < -0.3 is 14.7 Å². The lowest BCUT2D eigenvalue weighted by molar-refractivity contribution is -0.138. The average Bonchev–Trinajstić information content (AvgIpc) is 2.74. The maximum atomic E-state index is 13.1. The first kappa shape index (κ1) is 22.1. The average molecular weight is 408 g/mol. The first-order valence-electron chi connectivity index (χ1n) is 10.7. The lowest BCUT2D eigenvalue weighted by Gasteiger charge is -2.37. The van der Waals surface area contributed by atoms with Crippen molar-refractivity contribution in [3.63, 3.8) is 0 Å². The Morgan fingerprint density at radius 1 is 1.33 bits per heavy atom. The van der Waals surface area contributed by atoms with Crippen molar-refractivity contribution in [1.29, 1.82) is 0 Å². The van der Waals surface area contributed by atoms with Crippen molar-refractivity contribution in [1.82, 2.24) is 4.90 Å². The molecular weight excluding hydrogens is 374 g/mol. The Kier molecular flexibility index (Phi) is 6.99. The van der Waals surface area contributed by atoms with Gasteiger partial charge in [0.2, 0.25) is 5.91 Å². The summed E-state index contributed by atoms with van der Waals surface area (Å²) in [6.45, 7) is 10.7. The number of aliphatic hydroxyl groups excluding tert-OH is 1. The number of hydrogen-bond acceptors (Lipinski definition) is 3. The number of carbonyl (C=O) groups excluding carboxylic acids is 1. The van der Waals surface area contributed by atoms with E-state index in [0.717, 1.165) is 40.8 Å². The van der Waals surface area contributed by atoms with Gasteiger partial charge in [-0.05, 0) is 60.6 Å². The highest BCUT2D eigenvalue weighted by Gasteiger charge is 2.38. The van der Waals surface area contributed by atoms with Crippen molar-refractivity contribution in [2.24, 2.45) is 11.8 Å². The number of fused-ring (bicyclic) bond motifs is 1. The van der Waals surface area contributed by atoms with Crippen molar-refractivity contribution >= 4 is 5.91 Å². The van der Waals surface area contributed by atoms with Crippen LogP contribution in [0.5, 0.6) is 5.75 Å². The zero-order valence-corrected chi connectivity index (χ0v) is 18.5. The van der Waals surface area contributed by atoms with E-state index in [9.17, 15) is 9.90 Å². The fourth-order valence-electron chi connectivity index (χ4n) is 4.67. The highest BCUT2D eigenvalue weighted by atomic mass is 16.5. The van der Waals surface area contributed by atoms with Gasteiger partial charge in [0.05, 0.1) is 6.10 Å². The molecule has 0 aromatic heterocycles. The lowest BCUT2D eigenvalue weighted by atomic mass is 9.72. The van der Waals surface area contributed by atoms with Crippen molar-refractivity contribution in [2.75, 3.05) is 13.7 Å². The van der Waals surface area contributed by atoms with Crippen LogP contribution in [-0.4, -0.2) is 29.6 Å². The molecule has 160 valence electrons. The molecule has 0 bridgehead atoms. The molecule has 0 unspecified atom stereocenters. The van der Waals surface area contributed by atoms with E-state index in [4.69, 9.17) is 4.74 Å². The molecule has 3 atom stereocenters. The molecule has 30 heavy (non-hydrogen) atoms. The fourth-order valence-corrected chi connectivity index (χ4v) is 4.67. The van der Waals surface area contributed by atoms with Crippen LogP contribution in [0.2, 0.25) is 0 Å². The molecule has 1 aliphatic carbocycles. The summed E-state index contributed by atoms with van der Waals surface area (Å²) < 4.78 is 5.82. The summed E-state index contributed by atoms with van der Waals surface area (Å²) >= 11 is 0. The molecule has 0 fully saturated rings. The second kappa shape index (κ2) is 9.48. The summed E-state index contributed by atoms with van der Waals surface area (Å²) in [4.78, 5) is 14.9. The zero-order chi connectivity index (χ0) is 21.8. The predicted octanol–water partition coefficient (Wildman–Crippen LogP) is 4.76. The van der Waals surface area contributed by atoms with Crippen molar-refractivity contribution in [2.45, 2.75) is 46.3 Å². The van der Waals surface area contributed by atoms with E-state index in [1.165, 1.54) is 5.56 Å². The van der Waals surface area contributed by atoms with Gasteiger partial charge in [-0.1, -0.05) is 49.9 Å². The third-order valence-electron chi connectivity index (χ3n) is 6.38. The third-order valence-corrected chi connectivity index (χ3v) is 6.38. The number of benzene rings is 2. The van der Waals surface area contributed by atoms with Crippen LogP contribution in [0.25, 0.3) is 0 Å². The summed E-state index contributed by atoms with van der Waals surface area (Å²) in [5, 5.41) is 11.3. The number of ether oxygens (including phenoxy) is 1. The van der Waals surface area contributed by atoms with Crippen molar-refractivity contribution in [3.05, 3.63) is 76.9 Å². The van der Waals surface area contributed by atoms with Crippen molar-refractivity contribution in [3.8, 4) is 5.75 Å². The minimum absolute atomic E-state index is 0.0693. The Bertz CT molecular complexity index is 906. The number of hydrogen-bond donors (Lipinski definition) is 1.